The minimum Gasteiger partial charge on any atom is -0.454 e. The first-order chi connectivity index (χ1) is 18.7. The Bertz CT molecular complexity index is 1530. The topological polar surface area (TPSA) is 56.6 Å². The van der Waals surface area contributed by atoms with Crippen molar-refractivity contribution in [1.82, 2.24) is 14.5 Å². The number of thiophene rings is 1. The highest BCUT2D eigenvalue weighted by Gasteiger charge is 2.28. The average molecular weight is 546 g/mol. The molecule has 0 saturated heterocycles. The van der Waals surface area contributed by atoms with Crippen LogP contribution in [0.5, 0.6) is 11.5 Å². The number of fused-ring (bicyclic) bond motifs is 4. The number of rotatable bonds is 6. The summed E-state index contributed by atoms with van der Waals surface area (Å²) in [5, 5.41) is 1.73. The van der Waals surface area contributed by atoms with Gasteiger partial charge in [-0.3, -0.25) is 14.3 Å². The highest BCUT2D eigenvalue weighted by molar-refractivity contribution is 7.98. The molecule has 0 bridgehead atoms. The average Bonchev–Trinajstić information content (AvgIpc) is 3.57. The molecule has 6 nitrogen and oxygen atoms in total. The van der Waals surface area contributed by atoms with E-state index in [2.05, 4.69) is 45.9 Å². The highest BCUT2D eigenvalue weighted by atomic mass is 32.2. The van der Waals surface area contributed by atoms with E-state index < -0.39 is 0 Å². The molecule has 1 saturated carbocycles. The van der Waals surface area contributed by atoms with Crippen molar-refractivity contribution in [3.8, 4) is 11.5 Å². The summed E-state index contributed by atoms with van der Waals surface area (Å²) in [4.78, 5) is 24.1. The molecule has 4 aromatic rings. The summed E-state index contributed by atoms with van der Waals surface area (Å²) in [6.45, 7) is 3.06. The van der Waals surface area contributed by atoms with Crippen molar-refractivity contribution in [2.24, 2.45) is 0 Å². The van der Waals surface area contributed by atoms with Crippen molar-refractivity contribution in [2.75, 3.05) is 13.3 Å². The molecule has 0 amide bonds. The van der Waals surface area contributed by atoms with Crippen LogP contribution in [-0.4, -0.2) is 27.8 Å². The number of ether oxygens (including phenoxy) is 2. The van der Waals surface area contributed by atoms with Crippen LogP contribution in [-0.2, 0) is 25.3 Å². The summed E-state index contributed by atoms with van der Waals surface area (Å²) >= 11 is 3.39. The second-order valence-corrected chi connectivity index (χ2v) is 12.5. The predicted molar refractivity (Wildman–Crippen MR) is 152 cm³/mol. The Labute approximate surface area is 230 Å². The fourth-order valence-corrected chi connectivity index (χ4v) is 8.32. The zero-order valence-electron chi connectivity index (χ0n) is 21.4. The molecule has 2 aromatic carbocycles. The molecule has 0 radical (unpaired) electrons. The lowest BCUT2D eigenvalue weighted by Gasteiger charge is -2.27. The third kappa shape index (κ3) is 4.63. The van der Waals surface area contributed by atoms with E-state index in [4.69, 9.17) is 14.5 Å². The van der Waals surface area contributed by atoms with Gasteiger partial charge in [0.1, 0.15) is 4.83 Å². The van der Waals surface area contributed by atoms with Gasteiger partial charge in [-0.15, -0.1) is 11.3 Å². The molecule has 0 spiro atoms. The van der Waals surface area contributed by atoms with Crippen molar-refractivity contribution in [1.29, 1.82) is 0 Å². The molecule has 8 heteroatoms. The van der Waals surface area contributed by atoms with Crippen LogP contribution in [0.25, 0.3) is 10.2 Å². The Morgan fingerprint density at radius 2 is 1.84 bits per heavy atom. The number of thioether (sulfide) groups is 1. The molecule has 7 rings (SSSR count). The summed E-state index contributed by atoms with van der Waals surface area (Å²) < 4.78 is 13.1. The third-order valence-corrected chi connectivity index (χ3v) is 10.1. The molecule has 3 aliphatic rings. The monoisotopic (exact) mass is 545 g/mol. The maximum atomic E-state index is 14.2. The third-order valence-electron chi connectivity index (χ3n) is 7.95. The molecular formula is C30H31N3O3S2. The van der Waals surface area contributed by atoms with Crippen LogP contribution < -0.4 is 15.0 Å². The van der Waals surface area contributed by atoms with E-state index in [9.17, 15) is 4.79 Å². The summed E-state index contributed by atoms with van der Waals surface area (Å²) in [6.07, 6.45) is 6.64. The Hall–Kier alpha value is -2.81. The Balaban J connectivity index is 1.22. The van der Waals surface area contributed by atoms with Crippen LogP contribution in [0.2, 0.25) is 0 Å². The number of aromatic nitrogens is 2. The predicted octanol–water partition coefficient (Wildman–Crippen LogP) is 6.54. The lowest BCUT2D eigenvalue weighted by atomic mass is 9.95. The van der Waals surface area contributed by atoms with E-state index in [1.807, 2.05) is 12.1 Å². The Morgan fingerprint density at radius 3 is 2.71 bits per heavy atom. The van der Waals surface area contributed by atoms with Gasteiger partial charge in [-0.2, -0.15) is 0 Å². The smallest absolute Gasteiger partial charge is 0.263 e. The van der Waals surface area contributed by atoms with Gasteiger partial charge in [0, 0.05) is 36.3 Å². The molecule has 4 heterocycles. The Kier molecular flexibility index (Phi) is 6.63. The van der Waals surface area contributed by atoms with E-state index in [-0.39, 0.29) is 18.4 Å². The fourth-order valence-electron chi connectivity index (χ4n) is 6.01. The number of hydrogen-bond acceptors (Lipinski definition) is 7. The first-order valence-electron chi connectivity index (χ1n) is 13.6. The zero-order chi connectivity index (χ0) is 25.5. The summed E-state index contributed by atoms with van der Waals surface area (Å²) in [5.74, 6) is 2.32. The molecular weight excluding hydrogens is 514 g/mol. The summed E-state index contributed by atoms with van der Waals surface area (Å²) in [5.41, 5.74) is 3.88. The largest absolute Gasteiger partial charge is 0.454 e. The van der Waals surface area contributed by atoms with Gasteiger partial charge < -0.3 is 9.47 Å². The van der Waals surface area contributed by atoms with Crippen molar-refractivity contribution < 1.29 is 9.47 Å². The fraction of sp³-hybridized carbons (Fsp3) is 0.400. The second kappa shape index (κ2) is 10.4. The maximum Gasteiger partial charge on any atom is 0.263 e. The van der Waals surface area contributed by atoms with Gasteiger partial charge in [-0.1, -0.05) is 67.4 Å². The minimum absolute atomic E-state index is 0.170. The van der Waals surface area contributed by atoms with E-state index in [0.717, 1.165) is 77.1 Å². The van der Waals surface area contributed by atoms with Gasteiger partial charge in [-0.05, 0) is 48.1 Å². The maximum absolute atomic E-state index is 14.2. The van der Waals surface area contributed by atoms with Gasteiger partial charge >= 0.3 is 0 Å². The van der Waals surface area contributed by atoms with Crippen LogP contribution in [0.3, 0.4) is 0 Å². The first-order valence-corrected chi connectivity index (χ1v) is 15.4. The number of benzene rings is 2. The molecule has 0 unspecified atom stereocenters. The lowest BCUT2D eigenvalue weighted by molar-refractivity contribution is 0.174. The normalized spacial score (nSPS) is 17.7. The van der Waals surface area contributed by atoms with Crippen molar-refractivity contribution in [3.63, 3.8) is 0 Å². The SMILES string of the molecule is O=c1c2c3c(sc2nc(SCc2ccc4c(c2)OCO4)n1C1CCCCC1)CN(Cc1ccccc1)CC3. The highest BCUT2D eigenvalue weighted by Crippen LogP contribution is 2.38. The standard InChI is InChI=1S/C30H31N3O3S2/c34-29-27-23-13-14-32(16-20-7-3-1-4-8-20)17-26(23)38-28(27)31-30(33(29)22-9-5-2-6-10-22)37-18-21-11-12-24-25(15-21)36-19-35-24/h1,3-4,7-8,11-12,15,22H,2,5-6,9-10,13-14,16-19H2. The van der Waals surface area contributed by atoms with Crippen molar-refractivity contribution >= 4 is 33.3 Å². The molecule has 2 aromatic heterocycles. The van der Waals surface area contributed by atoms with E-state index in [1.54, 1.807) is 23.1 Å². The van der Waals surface area contributed by atoms with E-state index in [0.29, 0.717) is 0 Å². The molecule has 38 heavy (non-hydrogen) atoms. The zero-order valence-corrected chi connectivity index (χ0v) is 23.0. The summed E-state index contributed by atoms with van der Waals surface area (Å²) in [6, 6.07) is 17.0. The molecule has 2 aliphatic heterocycles. The Morgan fingerprint density at radius 1 is 1.00 bits per heavy atom. The second-order valence-electron chi connectivity index (χ2n) is 10.5. The lowest BCUT2D eigenvalue weighted by Crippen LogP contribution is -2.31. The van der Waals surface area contributed by atoms with Crippen LogP contribution >= 0.6 is 23.1 Å². The molecule has 196 valence electrons. The van der Waals surface area contributed by atoms with Crippen LogP contribution in [0, 0.1) is 0 Å². The van der Waals surface area contributed by atoms with E-state index >= 15 is 0 Å². The first kappa shape index (κ1) is 24.2. The van der Waals surface area contributed by atoms with Crippen LogP contribution in [0.4, 0.5) is 0 Å². The van der Waals surface area contributed by atoms with Gasteiger partial charge in [0.15, 0.2) is 16.7 Å². The van der Waals surface area contributed by atoms with Gasteiger partial charge in [-0.25, -0.2) is 4.98 Å². The van der Waals surface area contributed by atoms with Crippen LogP contribution in [0.1, 0.15) is 59.7 Å². The molecule has 1 fully saturated rings. The minimum atomic E-state index is 0.170. The number of hydrogen-bond donors (Lipinski definition) is 0. The van der Waals surface area contributed by atoms with Gasteiger partial charge in [0.2, 0.25) is 6.79 Å². The van der Waals surface area contributed by atoms with Crippen molar-refractivity contribution in [3.05, 3.63) is 80.5 Å². The molecule has 0 N–H and O–H groups in total. The van der Waals surface area contributed by atoms with Crippen LogP contribution in [0.15, 0.2) is 58.5 Å². The van der Waals surface area contributed by atoms with Crippen molar-refractivity contribution in [2.45, 2.75) is 68.6 Å². The quantitative estimate of drug-likeness (QED) is 0.203. The van der Waals surface area contributed by atoms with Gasteiger partial charge in [0.25, 0.3) is 5.56 Å². The number of nitrogens with zero attached hydrogens (tertiary/aromatic N) is 3. The molecule has 1 aliphatic carbocycles. The summed E-state index contributed by atoms with van der Waals surface area (Å²) in [7, 11) is 0. The molecule has 0 atom stereocenters. The van der Waals surface area contributed by atoms with E-state index in [1.165, 1.54) is 35.3 Å². The van der Waals surface area contributed by atoms with Gasteiger partial charge in [0.05, 0.1) is 5.39 Å².